The lowest BCUT2D eigenvalue weighted by atomic mass is 10.1. The van der Waals surface area contributed by atoms with Crippen LogP contribution in [0, 0.1) is 6.92 Å². The van der Waals surface area contributed by atoms with Gasteiger partial charge >= 0.3 is 0 Å². The summed E-state index contributed by atoms with van der Waals surface area (Å²) in [7, 11) is 0. The van der Waals surface area contributed by atoms with E-state index in [1.807, 2.05) is 13.0 Å². The first-order valence-corrected chi connectivity index (χ1v) is 6.52. The molecule has 1 aromatic carbocycles. The summed E-state index contributed by atoms with van der Waals surface area (Å²) < 4.78 is 0. The maximum Gasteiger partial charge on any atom is 0.299 e. The first-order valence-electron chi connectivity index (χ1n) is 6.15. The van der Waals surface area contributed by atoms with Gasteiger partial charge in [-0.2, -0.15) is 0 Å². The molecule has 4 nitrogen and oxygen atoms in total. The number of nitrogens with zero attached hydrogens (tertiary/aromatic N) is 2. The zero-order chi connectivity index (χ0) is 14.3. The summed E-state index contributed by atoms with van der Waals surface area (Å²) >= 11 is 6.02. The van der Waals surface area contributed by atoms with E-state index in [9.17, 15) is 9.59 Å². The maximum absolute atomic E-state index is 12.1. The summed E-state index contributed by atoms with van der Waals surface area (Å²) in [6.45, 7) is 2.12. The molecule has 0 saturated carbocycles. The number of carbonyl (C=O) groups excluding carboxylic acids is 2. The quantitative estimate of drug-likeness (QED) is 0.630. The molecule has 0 radical (unpaired) electrons. The predicted molar refractivity (Wildman–Crippen MR) is 75.9 cm³/mol. The molecule has 100 valence electrons. The normalized spacial score (nSPS) is 13.8. The molecule has 0 bridgehead atoms. The van der Waals surface area contributed by atoms with Crippen molar-refractivity contribution in [3.63, 3.8) is 0 Å². The van der Waals surface area contributed by atoms with Gasteiger partial charge in [0.1, 0.15) is 5.15 Å². The number of anilines is 1. The molecule has 0 spiro atoms. The summed E-state index contributed by atoms with van der Waals surface area (Å²) in [4.78, 5) is 29.6. The van der Waals surface area contributed by atoms with Gasteiger partial charge in [0.05, 0.1) is 17.8 Å². The molecule has 1 aromatic heterocycles. The monoisotopic (exact) mass is 286 g/mol. The number of ketones is 1. The third kappa shape index (κ3) is 1.89. The number of amides is 1. The van der Waals surface area contributed by atoms with Gasteiger partial charge in [0, 0.05) is 11.8 Å². The highest BCUT2D eigenvalue weighted by atomic mass is 35.5. The van der Waals surface area contributed by atoms with Crippen LogP contribution in [0.1, 0.15) is 21.5 Å². The fourth-order valence-corrected chi connectivity index (χ4v) is 2.58. The molecule has 5 heteroatoms. The van der Waals surface area contributed by atoms with Crippen LogP contribution in [0.2, 0.25) is 5.15 Å². The van der Waals surface area contributed by atoms with E-state index in [0.29, 0.717) is 22.0 Å². The van der Waals surface area contributed by atoms with Gasteiger partial charge in [-0.3, -0.25) is 14.5 Å². The van der Waals surface area contributed by atoms with Crippen molar-refractivity contribution >= 4 is 29.0 Å². The number of fused-ring (bicyclic) bond motifs is 1. The molecule has 0 fully saturated rings. The molecule has 1 amide bonds. The molecule has 1 aliphatic heterocycles. The Hall–Kier alpha value is -2.20. The van der Waals surface area contributed by atoms with Crippen molar-refractivity contribution < 1.29 is 9.59 Å². The van der Waals surface area contributed by atoms with E-state index in [2.05, 4.69) is 4.98 Å². The lowest BCUT2D eigenvalue weighted by molar-refractivity contribution is -0.114. The third-order valence-corrected chi connectivity index (χ3v) is 3.70. The van der Waals surface area contributed by atoms with Gasteiger partial charge < -0.3 is 0 Å². The number of rotatable bonds is 2. The Morgan fingerprint density at radius 3 is 2.75 bits per heavy atom. The van der Waals surface area contributed by atoms with Gasteiger partial charge in [-0.05, 0) is 24.6 Å². The minimum atomic E-state index is -0.519. The van der Waals surface area contributed by atoms with Crippen LogP contribution in [0.25, 0.3) is 0 Å². The van der Waals surface area contributed by atoms with Crippen LogP contribution in [0.4, 0.5) is 5.69 Å². The van der Waals surface area contributed by atoms with Crippen molar-refractivity contribution in [1.82, 2.24) is 4.98 Å². The van der Waals surface area contributed by atoms with Crippen molar-refractivity contribution in [3.8, 4) is 0 Å². The van der Waals surface area contributed by atoms with Crippen LogP contribution >= 0.6 is 11.6 Å². The number of Topliss-reactive ketones (excluding diaryl/α,β-unsaturated/α-hetero) is 1. The molecule has 2 aromatic rings. The van der Waals surface area contributed by atoms with Crippen LogP contribution in [-0.2, 0) is 11.3 Å². The number of aryl methyl sites for hydroxylation is 1. The second kappa shape index (κ2) is 4.72. The molecule has 0 atom stereocenters. The highest BCUT2D eigenvalue weighted by molar-refractivity contribution is 6.52. The van der Waals surface area contributed by atoms with E-state index in [1.165, 1.54) is 4.90 Å². The van der Waals surface area contributed by atoms with Gasteiger partial charge in [-0.1, -0.05) is 29.8 Å². The number of aromatic nitrogens is 1. The van der Waals surface area contributed by atoms with Crippen molar-refractivity contribution in [2.24, 2.45) is 0 Å². The Labute approximate surface area is 121 Å². The standard InChI is InChI=1S/C15H11ClN2O2/c1-9-4-2-6-11-12(9)18(15(20)13(11)19)8-10-5-3-7-17-14(10)16/h2-7H,8H2,1H3. The van der Waals surface area contributed by atoms with E-state index in [0.717, 1.165) is 5.56 Å². The Bertz CT molecular complexity index is 728. The highest BCUT2D eigenvalue weighted by Crippen LogP contribution is 2.33. The Balaban J connectivity index is 2.06. The summed E-state index contributed by atoms with van der Waals surface area (Å²) in [6, 6.07) is 8.88. The minimum Gasteiger partial charge on any atom is -0.300 e. The van der Waals surface area contributed by atoms with Crippen LogP contribution in [-0.4, -0.2) is 16.7 Å². The number of halogens is 1. The fraction of sp³-hybridized carbons (Fsp3) is 0.133. The maximum atomic E-state index is 12.1. The van der Waals surface area contributed by atoms with E-state index in [1.54, 1.807) is 30.5 Å². The predicted octanol–water partition coefficient (Wildman–Crippen LogP) is 2.77. The lowest BCUT2D eigenvalue weighted by Gasteiger charge is -2.18. The van der Waals surface area contributed by atoms with Gasteiger partial charge in [0.25, 0.3) is 11.7 Å². The van der Waals surface area contributed by atoms with E-state index >= 15 is 0 Å². The molecular weight excluding hydrogens is 276 g/mol. The molecule has 0 N–H and O–H groups in total. The first-order chi connectivity index (χ1) is 9.59. The summed E-state index contributed by atoms with van der Waals surface area (Å²) in [6.07, 6.45) is 1.59. The zero-order valence-electron chi connectivity index (χ0n) is 10.8. The second-order valence-electron chi connectivity index (χ2n) is 4.64. The van der Waals surface area contributed by atoms with E-state index < -0.39 is 11.7 Å². The number of para-hydroxylation sites is 1. The van der Waals surface area contributed by atoms with Gasteiger partial charge in [0.15, 0.2) is 0 Å². The molecule has 0 unspecified atom stereocenters. The molecule has 0 aliphatic carbocycles. The second-order valence-corrected chi connectivity index (χ2v) is 5.00. The van der Waals surface area contributed by atoms with Gasteiger partial charge in [0.2, 0.25) is 0 Å². The number of hydrogen-bond donors (Lipinski definition) is 0. The average molecular weight is 287 g/mol. The van der Waals surface area contributed by atoms with E-state index in [4.69, 9.17) is 11.6 Å². The smallest absolute Gasteiger partial charge is 0.299 e. The van der Waals surface area contributed by atoms with Crippen LogP contribution < -0.4 is 4.90 Å². The van der Waals surface area contributed by atoms with Crippen molar-refractivity contribution in [2.45, 2.75) is 13.5 Å². The van der Waals surface area contributed by atoms with E-state index in [-0.39, 0.29) is 6.54 Å². The minimum absolute atomic E-state index is 0.245. The topological polar surface area (TPSA) is 50.3 Å². The lowest BCUT2D eigenvalue weighted by Crippen LogP contribution is -2.29. The summed E-state index contributed by atoms with van der Waals surface area (Å²) in [5.41, 5.74) is 2.73. The molecule has 20 heavy (non-hydrogen) atoms. The zero-order valence-corrected chi connectivity index (χ0v) is 11.5. The van der Waals surface area contributed by atoms with Crippen molar-refractivity contribution in [2.75, 3.05) is 4.90 Å². The molecule has 0 saturated heterocycles. The number of carbonyl (C=O) groups is 2. The summed E-state index contributed by atoms with van der Waals surface area (Å²) in [5, 5.41) is 0.342. The molecule has 2 heterocycles. The van der Waals surface area contributed by atoms with Crippen LogP contribution in [0.5, 0.6) is 0 Å². The van der Waals surface area contributed by atoms with Crippen molar-refractivity contribution in [1.29, 1.82) is 0 Å². The Morgan fingerprint density at radius 1 is 1.20 bits per heavy atom. The number of hydrogen-bond acceptors (Lipinski definition) is 3. The number of pyridine rings is 1. The Morgan fingerprint density at radius 2 is 2.00 bits per heavy atom. The molecule has 3 rings (SSSR count). The highest BCUT2D eigenvalue weighted by Gasteiger charge is 2.36. The van der Waals surface area contributed by atoms with Crippen molar-refractivity contribution in [3.05, 3.63) is 58.4 Å². The largest absolute Gasteiger partial charge is 0.300 e. The molecular formula is C15H11ClN2O2. The van der Waals surface area contributed by atoms with Gasteiger partial charge in [-0.25, -0.2) is 4.98 Å². The summed E-state index contributed by atoms with van der Waals surface area (Å²) in [5.74, 6) is -0.988. The number of benzene rings is 1. The fourth-order valence-electron chi connectivity index (χ4n) is 2.40. The first kappa shape index (κ1) is 12.8. The average Bonchev–Trinajstić information content (AvgIpc) is 2.68. The van der Waals surface area contributed by atoms with Gasteiger partial charge in [-0.15, -0.1) is 0 Å². The van der Waals surface area contributed by atoms with Crippen LogP contribution in [0.15, 0.2) is 36.5 Å². The third-order valence-electron chi connectivity index (χ3n) is 3.36. The Kier molecular flexibility index (Phi) is 3.03. The molecule has 1 aliphatic rings. The SMILES string of the molecule is Cc1cccc2c1N(Cc1cccnc1Cl)C(=O)C2=O. The van der Waals surface area contributed by atoms with Crippen LogP contribution in [0.3, 0.4) is 0 Å².